The number of carbonyl (C=O) groups is 2. The Kier molecular flexibility index (Phi) is 6.25. The Morgan fingerprint density at radius 2 is 1.61 bits per heavy atom. The van der Waals surface area contributed by atoms with Crippen molar-refractivity contribution in [2.75, 3.05) is 28.3 Å². The van der Waals surface area contributed by atoms with Crippen molar-refractivity contribution in [2.45, 2.75) is 17.9 Å². The molecule has 0 unspecified atom stereocenters. The second kappa shape index (κ2) is 7.53. The van der Waals surface area contributed by atoms with Gasteiger partial charge in [-0.2, -0.15) is 0 Å². The zero-order chi connectivity index (χ0) is 17.8. The molecule has 0 saturated heterocycles. The lowest BCUT2D eigenvalue weighted by Crippen LogP contribution is -2.34. The molecular formula is C14H20N2O6S. The molecular weight excluding hydrogens is 324 g/mol. The largest absolute Gasteiger partial charge is 0.449 e. The summed E-state index contributed by atoms with van der Waals surface area (Å²) in [5.41, 5.74) is 0.141. The van der Waals surface area contributed by atoms with Crippen LogP contribution in [0.5, 0.6) is 0 Å². The molecule has 128 valence electrons. The van der Waals surface area contributed by atoms with E-state index in [1.165, 1.54) is 50.2 Å². The second-order valence-corrected chi connectivity index (χ2v) is 6.84. The first-order valence-electron chi connectivity index (χ1n) is 6.66. The van der Waals surface area contributed by atoms with E-state index in [1.54, 1.807) is 14.1 Å². The molecule has 1 amide bonds. The Hall–Kier alpha value is -1.97. The van der Waals surface area contributed by atoms with Crippen LogP contribution < -0.4 is 0 Å². The van der Waals surface area contributed by atoms with E-state index in [2.05, 4.69) is 4.84 Å². The number of esters is 1. The highest BCUT2D eigenvalue weighted by molar-refractivity contribution is 7.89. The zero-order valence-corrected chi connectivity index (χ0v) is 14.5. The van der Waals surface area contributed by atoms with E-state index < -0.39 is 22.1 Å². The van der Waals surface area contributed by atoms with E-state index in [9.17, 15) is 18.0 Å². The van der Waals surface area contributed by atoms with Crippen LogP contribution >= 0.6 is 0 Å². The molecule has 1 aromatic rings. The summed E-state index contributed by atoms with van der Waals surface area (Å²) in [6, 6.07) is 5.15. The molecule has 0 spiro atoms. The molecule has 1 atom stereocenters. The summed E-state index contributed by atoms with van der Waals surface area (Å²) in [6.07, 6.45) is -0.930. The van der Waals surface area contributed by atoms with Gasteiger partial charge in [-0.05, 0) is 31.2 Å². The standard InChI is InChI=1S/C14H20N2O6S/c1-10(13(17)15(2)3)22-14(18)11-6-8-12(9-7-11)23(19,20)16(4)21-5/h6-10H,1-5H3/t10-/m0/s1. The van der Waals surface area contributed by atoms with Gasteiger partial charge in [0.1, 0.15) is 0 Å². The minimum absolute atomic E-state index is 0.0317. The molecule has 0 aliphatic heterocycles. The van der Waals surface area contributed by atoms with E-state index >= 15 is 0 Å². The van der Waals surface area contributed by atoms with Crippen molar-refractivity contribution in [3.8, 4) is 0 Å². The van der Waals surface area contributed by atoms with Crippen LogP contribution in [0.3, 0.4) is 0 Å². The average molecular weight is 344 g/mol. The van der Waals surface area contributed by atoms with Crippen LogP contribution in [0.25, 0.3) is 0 Å². The highest BCUT2D eigenvalue weighted by atomic mass is 32.2. The normalized spacial score (nSPS) is 12.8. The number of amides is 1. The SMILES string of the molecule is CON(C)S(=O)(=O)c1ccc(C(=O)O[C@@H](C)C(=O)N(C)C)cc1. The van der Waals surface area contributed by atoms with Crippen molar-refractivity contribution in [2.24, 2.45) is 0 Å². The fourth-order valence-corrected chi connectivity index (χ4v) is 2.63. The van der Waals surface area contributed by atoms with Crippen molar-refractivity contribution in [3.05, 3.63) is 29.8 Å². The van der Waals surface area contributed by atoms with Crippen LogP contribution in [0.15, 0.2) is 29.2 Å². The summed E-state index contributed by atoms with van der Waals surface area (Å²) in [7, 11) is 1.81. The number of benzene rings is 1. The predicted molar refractivity (Wildman–Crippen MR) is 82.0 cm³/mol. The van der Waals surface area contributed by atoms with Crippen LogP contribution in [0.2, 0.25) is 0 Å². The number of hydrogen-bond donors (Lipinski definition) is 0. The van der Waals surface area contributed by atoms with E-state index in [4.69, 9.17) is 4.74 Å². The van der Waals surface area contributed by atoms with Gasteiger partial charge >= 0.3 is 5.97 Å². The molecule has 0 radical (unpaired) electrons. The minimum atomic E-state index is -3.78. The first-order chi connectivity index (χ1) is 10.6. The van der Waals surface area contributed by atoms with E-state index in [-0.39, 0.29) is 16.4 Å². The highest BCUT2D eigenvalue weighted by Crippen LogP contribution is 2.16. The van der Waals surface area contributed by atoms with Crippen molar-refractivity contribution >= 4 is 21.9 Å². The van der Waals surface area contributed by atoms with Gasteiger partial charge in [0.05, 0.1) is 17.6 Å². The lowest BCUT2D eigenvalue weighted by atomic mass is 10.2. The number of hydroxylamine groups is 1. The third-order valence-corrected chi connectivity index (χ3v) is 4.75. The third-order valence-electron chi connectivity index (χ3n) is 3.06. The fourth-order valence-electron chi connectivity index (χ4n) is 1.65. The molecule has 0 aromatic heterocycles. The van der Waals surface area contributed by atoms with Crippen LogP contribution in [-0.2, 0) is 24.4 Å². The van der Waals surface area contributed by atoms with Gasteiger partial charge in [0.25, 0.3) is 15.9 Å². The minimum Gasteiger partial charge on any atom is -0.449 e. The summed E-state index contributed by atoms with van der Waals surface area (Å²) >= 11 is 0. The highest BCUT2D eigenvalue weighted by Gasteiger charge is 2.23. The Balaban J connectivity index is 2.89. The Morgan fingerprint density at radius 1 is 1.09 bits per heavy atom. The van der Waals surface area contributed by atoms with E-state index in [0.29, 0.717) is 4.47 Å². The van der Waals surface area contributed by atoms with Gasteiger partial charge in [0, 0.05) is 21.1 Å². The zero-order valence-electron chi connectivity index (χ0n) is 13.6. The average Bonchev–Trinajstić information content (AvgIpc) is 2.52. The summed E-state index contributed by atoms with van der Waals surface area (Å²) < 4.78 is 29.8. The first-order valence-corrected chi connectivity index (χ1v) is 8.10. The second-order valence-electron chi connectivity index (χ2n) is 4.90. The number of nitrogens with zero attached hydrogens (tertiary/aromatic N) is 2. The van der Waals surface area contributed by atoms with Crippen LogP contribution in [0.4, 0.5) is 0 Å². The van der Waals surface area contributed by atoms with Gasteiger partial charge in [0.2, 0.25) is 0 Å². The van der Waals surface area contributed by atoms with Gasteiger partial charge in [-0.3, -0.25) is 9.63 Å². The van der Waals surface area contributed by atoms with Gasteiger partial charge in [-0.25, -0.2) is 13.2 Å². The van der Waals surface area contributed by atoms with Crippen LogP contribution in [0, 0.1) is 0 Å². The fraction of sp³-hybridized carbons (Fsp3) is 0.429. The number of sulfonamides is 1. The monoisotopic (exact) mass is 344 g/mol. The number of likely N-dealkylation sites (N-methyl/N-ethyl adjacent to an activating group) is 1. The number of rotatable bonds is 6. The van der Waals surface area contributed by atoms with Gasteiger partial charge < -0.3 is 9.64 Å². The molecule has 0 bridgehead atoms. The molecule has 0 heterocycles. The molecule has 9 heteroatoms. The maximum atomic E-state index is 12.0. The molecule has 0 aliphatic carbocycles. The quantitative estimate of drug-likeness (QED) is 0.551. The van der Waals surface area contributed by atoms with Crippen molar-refractivity contribution in [3.63, 3.8) is 0 Å². The molecule has 0 aliphatic rings. The van der Waals surface area contributed by atoms with Crippen LogP contribution in [-0.4, -0.2) is 64.0 Å². The molecule has 1 rings (SSSR count). The summed E-state index contributed by atoms with van der Waals surface area (Å²) in [4.78, 5) is 29.6. The van der Waals surface area contributed by atoms with Gasteiger partial charge in [-0.1, -0.05) is 4.47 Å². The third kappa shape index (κ3) is 4.50. The maximum Gasteiger partial charge on any atom is 0.338 e. The summed E-state index contributed by atoms with van der Waals surface area (Å²) in [5.74, 6) is -1.06. The van der Waals surface area contributed by atoms with E-state index in [0.717, 1.165) is 0 Å². The predicted octanol–water partition coefficient (Wildman–Crippen LogP) is 0.502. The lowest BCUT2D eigenvalue weighted by molar-refractivity contribution is -0.137. The molecule has 1 aromatic carbocycles. The Morgan fingerprint density at radius 3 is 2.04 bits per heavy atom. The van der Waals surface area contributed by atoms with Crippen LogP contribution in [0.1, 0.15) is 17.3 Å². The lowest BCUT2D eigenvalue weighted by Gasteiger charge is -2.17. The van der Waals surface area contributed by atoms with Crippen molar-refractivity contribution in [1.29, 1.82) is 0 Å². The van der Waals surface area contributed by atoms with Crippen molar-refractivity contribution in [1.82, 2.24) is 9.37 Å². The molecule has 0 N–H and O–H groups in total. The summed E-state index contributed by atoms with van der Waals surface area (Å²) in [5, 5.41) is 0. The Labute approximate surface area is 135 Å². The molecule has 23 heavy (non-hydrogen) atoms. The molecule has 8 nitrogen and oxygen atoms in total. The van der Waals surface area contributed by atoms with Gasteiger partial charge in [-0.15, -0.1) is 0 Å². The number of hydrogen-bond acceptors (Lipinski definition) is 6. The molecule has 0 saturated carbocycles. The van der Waals surface area contributed by atoms with Crippen molar-refractivity contribution < 1.29 is 27.6 Å². The molecule has 0 fully saturated rings. The Bertz CT molecular complexity index is 669. The number of carbonyl (C=O) groups excluding carboxylic acids is 2. The van der Waals surface area contributed by atoms with Gasteiger partial charge in [0.15, 0.2) is 6.10 Å². The topological polar surface area (TPSA) is 93.2 Å². The number of ether oxygens (including phenoxy) is 1. The van der Waals surface area contributed by atoms with E-state index in [1.807, 2.05) is 0 Å². The summed E-state index contributed by atoms with van der Waals surface area (Å²) in [6.45, 7) is 1.46. The first kappa shape index (κ1) is 19.1. The maximum absolute atomic E-state index is 12.0. The smallest absolute Gasteiger partial charge is 0.338 e.